The van der Waals surface area contributed by atoms with E-state index in [4.69, 9.17) is 10.7 Å². The fourth-order valence-electron chi connectivity index (χ4n) is 4.64. The van der Waals surface area contributed by atoms with Crippen LogP contribution in [0.1, 0.15) is 44.6 Å². The van der Waals surface area contributed by atoms with Gasteiger partial charge in [-0.15, -0.1) is 5.10 Å². The molecule has 0 fully saturated rings. The molecule has 2 aromatic carbocycles. The number of rotatable bonds is 11. The fraction of sp³-hybridized carbons (Fsp3) is 0.379. The maximum atomic E-state index is 13.8. The smallest absolute Gasteiger partial charge is 0.245 e. The van der Waals surface area contributed by atoms with Gasteiger partial charge in [0.25, 0.3) is 0 Å². The van der Waals surface area contributed by atoms with E-state index in [1.54, 1.807) is 12.4 Å². The van der Waals surface area contributed by atoms with Crippen molar-refractivity contribution < 1.29 is 9.90 Å². The van der Waals surface area contributed by atoms with E-state index in [-0.39, 0.29) is 30.5 Å². The number of hydrogen-bond acceptors (Lipinski definition) is 6. The fourth-order valence-corrected chi connectivity index (χ4v) is 4.64. The number of hydrogen-bond donors (Lipinski definition) is 2. The van der Waals surface area contributed by atoms with E-state index in [1.165, 1.54) is 4.68 Å². The molecule has 0 aliphatic heterocycles. The first kappa shape index (κ1) is 27.2. The molecule has 1 amide bonds. The molecule has 0 bridgehead atoms. The molecular formula is C29H37N7O2. The molecule has 2 unspecified atom stereocenters. The van der Waals surface area contributed by atoms with Gasteiger partial charge >= 0.3 is 0 Å². The van der Waals surface area contributed by atoms with Crippen LogP contribution in [0.2, 0.25) is 0 Å². The SMILES string of the molecule is CC(C)(C)C(c1nc(-c2ccccc2)cn1Cc1ccccc1)N(CCC(N)CO)C(=O)Cn1ccnn1. The Kier molecular flexibility index (Phi) is 8.70. The van der Waals surface area contributed by atoms with Gasteiger partial charge in [0, 0.05) is 37.1 Å². The quantitative estimate of drug-likeness (QED) is 0.316. The Morgan fingerprint density at radius 1 is 1.08 bits per heavy atom. The van der Waals surface area contributed by atoms with E-state index in [2.05, 4.69) is 54.0 Å². The zero-order chi connectivity index (χ0) is 27.1. The molecule has 9 nitrogen and oxygen atoms in total. The average molecular weight is 516 g/mol. The number of imidazole rings is 1. The predicted molar refractivity (Wildman–Crippen MR) is 147 cm³/mol. The third kappa shape index (κ3) is 6.73. The highest BCUT2D eigenvalue weighted by molar-refractivity contribution is 5.76. The molecule has 0 aliphatic carbocycles. The third-order valence-corrected chi connectivity index (χ3v) is 6.51. The van der Waals surface area contributed by atoms with E-state index in [0.717, 1.165) is 22.6 Å². The maximum absolute atomic E-state index is 13.8. The Morgan fingerprint density at radius 2 is 1.76 bits per heavy atom. The van der Waals surface area contributed by atoms with Crippen LogP contribution < -0.4 is 5.73 Å². The summed E-state index contributed by atoms with van der Waals surface area (Å²) in [6.45, 7) is 7.23. The Bertz CT molecular complexity index is 1280. The summed E-state index contributed by atoms with van der Waals surface area (Å²) in [7, 11) is 0. The highest BCUT2D eigenvalue weighted by atomic mass is 16.3. The topological polar surface area (TPSA) is 115 Å². The second-order valence-corrected chi connectivity index (χ2v) is 10.7. The zero-order valence-electron chi connectivity index (χ0n) is 22.3. The van der Waals surface area contributed by atoms with Crippen molar-refractivity contribution in [3.63, 3.8) is 0 Å². The van der Waals surface area contributed by atoms with E-state index in [9.17, 15) is 9.90 Å². The van der Waals surface area contributed by atoms with Gasteiger partial charge < -0.3 is 20.3 Å². The minimum Gasteiger partial charge on any atom is -0.395 e. The molecule has 0 aliphatic rings. The van der Waals surface area contributed by atoms with Gasteiger partial charge in [0.15, 0.2) is 0 Å². The van der Waals surface area contributed by atoms with Crippen LogP contribution in [0.4, 0.5) is 0 Å². The first-order chi connectivity index (χ1) is 18.3. The number of carbonyl (C=O) groups is 1. The van der Waals surface area contributed by atoms with Crippen molar-refractivity contribution in [1.82, 2.24) is 29.4 Å². The lowest BCUT2D eigenvalue weighted by Gasteiger charge is -2.40. The predicted octanol–water partition coefficient (Wildman–Crippen LogP) is 3.52. The van der Waals surface area contributed by atoms with Crippen LogP contribution in [0.25, 0.3) is 11.3 Å². The van der Waals surface area contributed by atoms with Gasteiger partial charge in [0.05, 0.1) is 24.5 Å². The normalized spacial score (nSPS) is 13.3. The number of amides is 1. The summed E-state index contributed by atoms with van der Waals surface area (Å²) in [5, 5.41) is 17.4. The van der Waals surface area contributed by atoms with Crippen LogP contribution in [0.5, 0.6) is 0 Å². The molecule has 200 valence electrons. The van der Waals surface area contributed by atoms with Gasteiger partial charge in [-0.25, -0.2) is 9.67 Å². The Hall–Kier alpha value is -3.82. The summed E-state index contributed by atoms with van der Waals surface area (Å²) in [6, 6.07) is 19.5. The minimum absolute atomic E-state index is 0.0475. The lowest BCUT2D eigenvalue weighted by Crippen LogP contribution is -2.46. The Morgan fingerprint density at radius 3 is 2.37 bits per heavy atom. The largest absolute Gasteiger partial charge is 0.395 e. The molecule has 9 heteroatoms. The second kappa shape index (κ2) is 12.1. The number of benzene rings is 2. The van der Waals surface area contributed by atoms with Gasteiger partial charge in [0.2, 0.25) is 5.91 Å². The summed E-state index contributed by atoms with van der Waals surface area (Å²) in [5.41, 5.74) is 8.71. The third-order valence-electron chi connectivity index (χ3n) is 6.51. The Labute approximate surface area is 223 Å². The highest BCUT2D eigenvalue weighted by Crippen LogP contribution is 2.39. The standard InChI is InChI=1S/C29H37N7O2/c1-29(2,3)27(36(16-14-24(30)21-37)26(38)20-35-17-15-31-33-35)28-32-25(23-12-8-5-9-13-23)19-34(28)18-22-10-6-4-7-11-22/h4-13,15,17,19,24,27,37H,14,16,18,20-21,30H2,1-3H3. The van der Waals surface area contributed by atoms with Gasteiger partial charge in [-0.3, -0.25) is 4.79 Å². The highest BCUT2D eigenvalue weighted by Gasteiger charge is 2.38. The van der Waals surface area contributed by atoms with Crippen LogP contribution in [0.3, 0.4) is 0 Å². The summed E-state index contributed by atoms with van der Waals surface area (Å²) >= 11 is 0. The summed E-state index contributed by atoms with van der Waals surface area (Å²) in [5.74, 6) is 0.681. The number of nitrogens with zero attached hydrogens (tertiary/aromatic N) is 6. The molecule has 3 N–H and O–H groups in total. The van der Waals surface area contributed by atoms with Gasteiger partial charge in [-0.2, -0.15) is 0 Å². The molecule has 2 atom stereocenters. The van der Waals surface area contributed by atoms with Crippen LogP contribution in [0, 0.1) is 5.41 Å². The summed E-state index contributed by atoms with van der Waals surface area (Å²) < 4.78 is 3.67. The molecule has 0 spiro atoms. The lowest BCUT2D eigenvalue weighted by atomic mass is 9.84. The molecule has 0 radical (unpaired) electrons. The van der Waals surface area contributed by atoms with Crippen LogP contribution in [0.15, 0.2) is 79.3 Å². The first-order valence-electron chi connectivity index (χ1n) is 12.9. The minimum atomic E-state index is -0.429. The molecule has 38 heavy (non-hydrogen) atoms. The number of aromatic nitrogens is 5. The van der Waals surface area contributed by atoms with E-state index >= 15 is 0 Å². The van der Waals surface area contributed by atoms with Crippen molar-refractivity contribution in [2.75, 3.05) is 13.2 Å². The lowest BCUT2D eigenvalue weighted by molar-refractivity contribution is -0.137. The van der Waals surface area contributed by atoms with E-state index < -0.39 is 6.04 Å². The summed E-state index contributed by atoms with van der Waals surface area (Å²) in [6.07, 6.45) is 5.75. The monoisotopic (exact) mass is 515 g/mol. The second-order valence-electron chi connectivity index (χ2n) is 10.7. The van der Waals surface area contributed by atoms with E-state index in [1.807, 2.05) is 53.4 Å². The number of nitrogens with two attached hydrogens (primary N) is 1. The number of carbonyl (C=O) groups excluding carboxylic acids is 1. The molecule has 0 saturated heterocycles. The van der Waals surface area contributed by atoms with Gasteiger partial charge in [-0.05, 0) is 17.4 Å². The van der Waals surface area contributed by atoms with Crippen molar-refractivity contribution in [2.45, 2.75) is 52.4 Å². The number of aliphatic hydroxyl groups is 1. The summed E-state index contributed by atoms with van der Waals surface area (Å²) in [4.78, 5) is 20.8. The molecule has 4 aromatic rings. The molecule has 0 saturated carbocycles. The van der Waals surface area contributed by atoms with Crippen molar-refractivity contribution >= 4 is 5.91 Å². The Balaban J connectivity index is 1.81. The van der Waals surface area contributed by atoms with Crippen molar-refractivity contribution in [3.8, 4) is 11.3 Å². The molecule has 4 rings (SSSR count). The first-order valence-corrected chi connectivity index (χ1v) is 12.9. The van der Waals surface area contributed by atoms with Crippen LogP contribution in [-0.4, -0.2) is 59.7 Å². The molecule has 2 heterocycles. The zero-order valence-corrected chi connectivity index (χ0v) is 22.3. The van der Waals surface area contributed by atoms with E-state index in [0.29, 0.717) is 19.5 Å². The molecule has 2 aromatic heterocycles. The van der Waals surface area contributed by atoms with Crippen LogP contribution >= 0.6 is 0 Å². The maximum Gasteiger partial charge on any atom is 0.245 e. The van der Waals surface area contributed by atoms with Gasteiger partial charge in [-0.1, -0.05) is 86.6 Å². The molecular weight excluding hydrogens is 478 g/mol. The van der Waals surface area contributed by atoms with Crippen molar-refractivity contribution in [2.24, 2.45) is 11.1 Å². The average Bonchev–Trinajstić information content (AvgIpc) is 3.56. The van der Waals surface area contributed by atoms with Crippen molar-refractivity contribution in [3.05, 3.63) is 90.6 Å². The van der Waals surface area contributed by atoms with Crippen molar-refractivity contribution in [1.29, 1.82) is 0 Å². The van der Waals surface area contributed by atoms with Crippen LogP contribution in [-0.2, 0) is 17.9 Å². The number of aliphatic hydroxyl groups excluding tert-OH is 1. The van der Waals surface area contributed by atoms with Gasteiger partial charge in [0.1, 0.15) is 12.4 Å².